The van der Waals surface area contributed by atoms with Crippen LogP contribution >= 0.6 is 11.6 Å². The summed E-state index contributed by atoms with van der Waals surface area (Å²) in [5.41, 5.74) is 1.37. The molecule has 0 aliphatic rings. The third-order valence-corrected chi connectivity index (χ3v) is 4.60. The number of amides is 1. The lowest BCUT2D eigenvalue weighted by molar-refractivity contribution is 0.0422. The molecule has 1 amide bonds. The Bertz CT molecular complexity index is 806. The minimum absolute atomic E-state index is 0.297. The molecule has 3 N–H and O–H groups in total. The van der Waals surface area contributed by atoms with Crippen LogP contribution in [0, 0.1) is 0 Å². The lowest BCUT2D eigenvalue weighted by Gasteiger charge is -2.27. The van der Waals surface area contributed by atoms with Gasteiger partial charge in [-0.25, -0.2) is 4.79 Å². The van der Waals surface area contributed by atoms with E-state index in [1.165, 1.54) is 0 Å². The number of halogens is 1. The zero-order valence-electron chi connectivity index (χ0n) is 17.9. The Morgan fingerprint density at radius 2 is 1.83 bits per heavy atom. The van der Waals surface area contributed by atoms with Crippen LogP contribution in [-0.2, 0) is 17.7 Å². The first-order valence-corrected chi connectivity index (χ1v) is 10.3. The third kappa shape index (κ3) is 8.61. The number of ether oxygens (including phenoxy) is 2. The Morgan fingerprint density at radius 3 is 2.47 bits per heavy atom. The molecule has 6 nitrogen and oxygen atoms in total. The molecule has 0 aliphatic carbocycles. The van der Waals surface area contributed by atoms with Crippen LogP contribution in [0.1, 0.15) is 31.9 Å². The first-order valence-electron chi connectivity index (χ1n) is 9.92. The maximum absolute atomic E-state index is 12.3. The van der Waals surface area contributed by atoms with Gasteiger partial charge in [0.15, 0.2) is 0 Å². The lowest BCUT2D eigenvalue weighted by atomic mass is 10.0. The highest BCUT2D eigenvalue weighted by atomic mass is 35.5. The van der Waals surface area contributed by atoms with Gasteiger partial charge in [-0.05, 0) is 62.6 Å². The molecule has 2 aromatic rings. The molecule has 0 unspecified atom stereocenters. The number of hydrogen-bond donors (Lipinski definition) is 3. The number of hydrogen-bond acceptors (Lipinski definition) is 5. The summed E-state index contributed by atoms with van der Waals surface area (Å²) in [6.07, 6.45) is -0.939. The van der Waals surface area contributed by atoms with Crippen molar-refractivity contribution in [3.8, 4) is 5.75 Å². The van der Waals surface area contributed by atoms with Gasteiger partial charge in [-0.1, -0.05) is 35.9 Å². The van der Waals surface area contributed by atoms with Crippen LogP contribution in [0.15, 0.2) is 48.5 Å². The fraction of sp³-hybridized carbons (Fsp3) is 0.435. The van der Waals surface area contributed by atoms with Gasteiger partial charge in [0.2, 0.25) is 0 Å². The Labute approximate surface area is 183 Å². The fourth-order valence-electron chi connectivity index (χ4n) is 2.91. The summed E-state index contributed by atoms with van der Waals surface area (Å²) in [7, 11) is 1.62. The molecule has 0 bridgehead atoms. The summed E-state index contributed by atoms with van der Waals surface area (Å²) in [6, 6.07) is 14.5. The Kier molecular flexibility index (Phi) is 8.96. The molecular weight excluding hydrogens is 404 g/mol. The van der Waals surface area contributed by atoms with E-state index in [-0.39, 0.29) is 0 Å². The molecule has 2 aromatic carbocycles. The topological polar surface area (TPSA) is 79.8 Å². The number of benzene rings is 2. The highest BCUT2D eigenvalue weighted by Crippen LogP contribution is 2.14. The van der Waals surface area contributed by atoms with Crippen LogP contribution in [-0.4, -0.2) is 42.6 Å². The molecule has 0 aliphatic heterocycles. The van der Waals surface area contributed by atoms with Crippen molar-refractivity contribution >= 4 is 17.7 Å². The summed E-state index contributed by atoms with van der Waals surface area (Å²) >= 11 is 5.96. The average molecular weight is 435 g/mol. The Balaban J connectivity index is 1.99. The normalized spacial score (nSPS) is 13.4. The van der Waals surface area contributed by atoms with Gasteiger partial charge in [0.05, 0.1) is 19.3 Å². The number of rotatable bonds is 9. The second-order valence-electron chi connectivity index (χ2n) is 8.13. The highest BCUT2D eigenvalue weighted by molar-refractivity contribution is 6.30. The van der Waals surface area contributed by atoms with Crippen molar-refractivity contribution < 1.29 is 19.4 Å². The average Bonchev–Trinajstić information content (AvgIpc) is 2.67. The SMILES string of the molecule is COc1cccc(CNC[C@@H](O)[C@H](Cc2ccc(Cl)cc2)NC(=O)OC(C)(C)C)c1. The van der Waals surface area contributed by atoms with Crippen molar-refractivity contribution in [2.45, 2.75) is 51.5 Å². The van der Waals surface area contributed by atoms with Gasteiger partial charge in [0, 0.05) is 18.1 Å². The monoisotopic (exact) mass is 434 g/mol. The molecule has 0 saturated carbocycles. The lowest BCUT2D eigenvalue weighted by Crippen LogP contribution is -2.49. The maximum Gasteiger partial charge on any atom is 0.407 e. The van der Waals surface area contributed by atoms with E-state index in [1.807, 2.05) is 36.4 Å². The Morgan fingerprint density at radius 1 is 1.13 bits per heavy atom. The second kappa shape index (κ2) is 11.2. The molecular formula is C23H31ClN2O4. The van der Waals surface area contributed by atoms with Gasteiger partial charge in [0.1, 0.15) is 11.4 Å². The van der Waals surface area contributed by atoms with Crippen molar-refractivity contribution in [2.24, 2.45) is 0 Å². The van der Waals surface area contributed by atoms with Gasteiger partial charge in [-0.2, -0.15) is 0 Å². The first-order chi connectivity index (χ1) is 14.2. The van der Waals surface area contributed by atoms with Gasteiger partial charge < -0.3 is 25.2 Å². The van der Waals surface area contributed by atoms with Crippen LogP contribution in [0.5, 0.6) is 5.75 Å². The van der Waals surface area contributed by atoms with E-state index in [1.54, 1.807) is 40.0 Å². The molecule has 0 fully saturated rings. The van der Waals surface area contributed by atoms with Gasteiger partial charge in [0.25, 0.3) is 0 Å². The highest BCUT2D eigenvalue weighted by Gasteiger charge is 2.25. The zero-order valence-corrected chi connectivity index (χ0v) is 18.7. The standard InChI is InChI=1S/C23H31ClN2O4/c1-23(2,3)30-22(28)26-20(13-16-8-10-18(24)11-9-16)21(27)15-25-14-17-6-5-7-19(12-17)29-4/h5-12,20-21,25,27H,13-15H2,1-4H3,(H,26,28)/t20-,21+/m0/s1. The molecule has 2 rings (SSSR count). The van der Waals surface area contributed by atoms with Gasteiger partial charge >= 0.3 is 6.09 Å². The van der Waals surface area contributed by atoms with Crippen molar-refractivity contribution in [3.05, 3.63) is 64.7 Å². The van der Waals surface area contributed by atoms with Crippen molar-refractivity contribution in [1.82, 2.24) is 10.6 Å². The fourth-order valence-corrected chi connectivity index (χ4v) is 3.03. The quantitative estimate of drug-likeness (QED) is 0.557. The smallest absolute Gasteiger partial charge is 0.407 e. The molecule has 30 heavy (non-hydrogen) atoms. The van der Waals surface area contributed by atoms with Crippen LogP contribution in [0.25, 0.3) is 0 Å². The molecule has 0 radical (unpaired) electrons. The molecule has 0 aromatic heterocycles. The summed E-state index contributed by atoms with van der Waals surface area (Å²) in [6.45, 7) is 6.26. The maximum atomic E-state index is 12.3. The van der Waals surface area contributed by atoms with E-state index < -0.39 is 23.8 Å². The molecule has 164 valence electrons. The largest absolute Gasteiger partial charge is 0.497 e. The van der Waals surface area contributed by atoms with Gasteiger partial charge in [-0.3, -0.25) is 0 Å². The predicted octanol–water partition coefficient (Wildman–Crippen LogP) is 3.94. The van der Waals surface area contributed by atoms with Crippen LogP contribution in [0.2, 0.25) is 5.02 Å². The molecule has 2 atom stereocenters. The van der Waals surface area contributed by atoms with Gasteiger partial charge in [-0.15, -0.1) is 0 Å². The molecule has 0 heterocycles. The number of aliphatic hydroxyl groups excluding tert-OH is 1. The minimum atomic E-state index is -0.821. The zero-order chi connectivity index (χ0) is 22.1. The van der Waals surface area contributed by atoms with Crippen LogP contribution in [0.3, 0.4) is 0 Å². The summed E-state index contributed by atoms with van der Waals surface area (Å²) in [5, 5.41) is 17.4. The van der Waals surface area contributed by atoms with E-state index in [2.05, 4.69) is 10.6 Å². The molecule has 7 heteroatoms. The number of nitrogens with one attached hydrogen (secondary N) is 2. The number of aliphatic hydroxyl groups is 1. The van der Waals surface area contributed by atoms with Crippen LogP contribution in [0.4, 0.5) is 4.79 Å². The third-order valence-electron chi connectivity index (χ3n) is 4.35. The number of alkyl carbamates (subject to hydrolysis) is 1. The van der Waals surface area contributed by atoms with Crippen molar-refractivity contribution in [3.63, 3.8) is 0 Å². The van der Waals surface area contributed by atoms with Crippen LogP contribution < -0.4 is 15.4 Å². The van der Waals surface area contributed by atoms with Crippen molar-refractivity contribution in [1.29, 1.82) is 0 Å². The second-order valence-corrected chi connectivity index (χ2v) is 8.57. The number of carbonyl (C=O) groups excluding carboxylic acids is 1. The van der Waals surface area contributed by atoms with E-state index in [0.29, 0.717) is 24.5 Å². The van der Waals surface area contributed by atoms with Crippen molar-refractivity contribution in [2.75, 3.05) is 13.7 Å². The Hall–Kier alpha value is -2.28. The molecule has 0 saturated heterocycles. The first kappa shape index (κ1) is 24.0. The van der Waals surface area contributed by atoms with E-state index >= 15 is 0 Å². The number of methoxy groups -OCH3 is 1. The van der Waals surface area contributed by atoms with E-state index in [9.17, 15) is 9.90 Å². The summed E-state index contributed by atoms with van der Waals surface area (Å²) in [4.78, 5) is 12.3. The predicted molar refractivity (Wildman–Crippen MR) is 119 cm³/mol. The molecule has 0 spiro atoms. The summed E-state index contributed by atoms with van der Waals surface area (Å²) in [5.74, 6) is 0.780. The van der Waals surface area contributed by atoms with E-state index in [0.717, 1.165) is 16.9 Å². The van der Waals surface area contributed by atoms with E-state index in [4.69, 9.17) is 21.1 Å². The minimum Gasteiger partial charge on any atom is -0.497 e. The summed E-state index contributed by atoms with van der Waals surface area (Å²) < 4.78 is 10.6. The number of carbonyl (C=O) groups is 1.